The summed E-state index contributed by atoms with van der Waals surface area (Å²) < 4.78 is 4.68. The fourth-order valence-electron chi connectivity index (χ4n) is 5.29. The van der Waals surface area contributed by atoms with Gasteiger partial charge in [0.15, 0.2) is 0 Å². The van der Waals surface area contributed by atoms with Gasteiger partial charge in [-0.15, -0.1) is 0 Å². The van der Waals surface area contributed by atoms with E-state index in [1.54, 1.807) is 0 Å². The zero-order valence-electron chi connectivity index (χ0n) is 16.0. The van der Waals surface area contributed by atoms with E-state index >= 15 is 0 Å². The van der Waals surface area contributed by atoms with Crippen LogP contribution >= 0.6 is 0 Å². The number of esters is 1. The third-order valence-corrected chi connectivity index (χ3v) is 6.77. The molecule has 0 radical (unpaired) electrons. The summed E-state index contributed by atoms with van der Waals surface area (Å²) in [4.78, 5) is 11.2. The average molecular weight is 363 g/mol. The van der Waals surface area contributed by atoms with E-state index in [9.17, 15) is 15.0 Å². The number of aliphatic hydroxyl groups is 2. The molecule has 146 valence electrons. The van der Waals surface area contributed by atoms with Gasteiger partial charge in [-0.3, -0.25) is 4.79 Å². The number of hydrogen-bond donors (Lipinski definition) is 2. The van der Waals surface area contributed by atoms with Crippen molar-refractivity contribution in [3.8, 4) is 0 Å². The lowest BCUT2D eigenvalue weighted by atomic mass is 9.89. The molecule has 3 rings (SSSR count). The van der Waals surface area contributed by atoms with E-state index in [-0.39, 0.29) is 24.1 Å². The van der Waals surface area contributed by atoms with Gasteiger partial charge < -0.3 is 14.9 Å². The molecule has 2 N–H and O–H groups in total. The average Bonchev–Trinajstić information content (AvgIpc) is 3.33. The Morgan fingerprint density at radius 3 is 2.81 bits per heavy atom. The number of rotatable bonds is 7. The van der Waals surface area contributed by atoms with Crippen molar-refractivity contribution in [2.75, 3.05) is 7.11 Å². The number of allylic oxidation sites excluding steroid dienone is 2. The van der Waals surface area contributed by atoms with Crippen LogP contribution in [0.2, 0.25) is 0 Å². The van der Waals surface area contributed by atoms with Gasteiger partial charge >= 0.3 is 5.97 Å². The summed E-state index contributed by atoms with van der Waals surface area (Å²) in [6.45, 7) is 0. The molecule has 4 heteroatoms. The molecule has 3 aliphatic carbocycles. The Hall–Kier alpha value is -1.13. The molecule has 5 atom stereocenters. The second-order valence-electron chi connectivity index (χ2n) is 8.46. The fraction of sp³-hybridized carbons (Fsp3) is 0.773. The summed E-state index contributed by atoms with van der Waals surface area (Å²) in [7, 11) is 1.43. The minimum atomic E-state index is -0.349. The number of carbonyl (C=O) groups is 1. The van der Waals surface area contributed by atoms with Crippen LogP contribution in [0.4, 0.5) is 0 Å². The van der Waals surface area contributed by atoms with Crippen LogP contribution in [0.1, 0.15) is 64.2 Å². The van der Waals surface area contributed by atoms with Crippen molar-refractivity contribution < 1.29 is 19.7 Å². The summed E-state index contributed by atoms with van der Waals surface area (Å²) >= 11 is 0. The molecule has 0 aliphatic heterocycles. The van der Waals surface area contributed by atoms with Gasteiger partial charge in [-0.2, -0.15) is 0 Å². The summed E-state index contributed by atoms with van der Waals surface area (Å²) in [6.07, 6.45) is 15.7. The molecule has 0 heterocycles. The minimum absolute atomic E-state index is 0.138. The first-order valence-electron chi connectivity index (χ1n) is 10.4. The number of aliphatic hydroxyl groups excluding tert-OH is 2. The third kappa shape index (κ3) is 4.77. The lowest BCUT2D eigenvalue weighted by Crippen LogP contribution is -2.19. The smallest absolute Gasteiger partial charge is 0.305 e. The van der Waals surface area contributed by atoms with Crippen molar-refractivity contribution in [3.05, 3.63) is 23.8 Å². The maximum absolute atomic E-state index is 11.2. The van der Waals surface area contributed by atoms with Gasteiger partial charge in [0.2, 0.25) is 0 Å². The molecule has 0 aromatic carbocycles. The lowest BCUT2D eigenvalue weighted by Gasteiger charge is -2.19. The van der Waals surface area contributed by atoms with Gasteiger partial charge in [0.05, 0.1) is 19.3 Å². The fourth-order valence-corrected chi connectivity index (χ4v) is 5.29. The van der Waals surface area contributed by atoms with Crippen molar-refractivity contribution >= 4 is 5.97 Å². The van der Waals surface area contributed by atoms with E-state index in [4.69, 9.17) is 0 Å². The van der Waals surface area contributed by atoms with Crippen molar-refractivity contribution in [1.29, 1.82) is 0 Å². The number of carbonyl (C=O) groups excluding carboxylic acids is 1. The molecule has 3 aliphatic rings. The predicted molar refractivity (Wildman–Crippen MR) is 101 cm³/mol. The highest BCUT2D eigenvalue weighted by Gasteiger charge is 2.45. The second-order valence-corrected chi connectivity index (χ2v) is 8.46. The molecule has 0 bridgehead atoms. The maximum Gasteiger partial charge on any atom is 0.305 e. The Morgan fingerprint density at radius 1 is 1.31 bits per heavy atom. The Kier molecular flexibility index (Phi) is 6.93. The van der Waals surface area contributed by atoms with Crippen molar-refractivity contribution in [2.45, 2.75) is 76.4 Å². The predicted octanol–water partition coefficient (Wildman–Crippen LogP) is 3.77. The number of ether oxygens (including phenoxy) is 1. The standard InChI is InChI=1S/C22H34O4/c1-26-22(25)9-5-2-6-15-12-17-14-21(24)18(19(17)13-15)10-11-20(23)16-7-3-4-8-16/h6,10-11,16-21,23-24H,2-5,7-9,12-14H2,1H3/t17-,18-,19+,20+,21-/m1/s1. The quantitative estimate of drug-likeness (QED) is 0.411. The maximum atomic E-state index is 11.2. The molecule has 0 aromatic heterocycles. The Morgan fingerprint density at radius 2 is 2.08 bits per heavy atom. The van der Waals surface area contributed by atoms with Gasteiger partial charge in [-0.25, -0.2) is 0 Å². The van der Waals surface area contributed by atoms with Crippen molar-refractivity contribution in [3.63, 3.8) is 0 Å². The highest BCUT2D eigenvalue weighted by Crippen LogP contribution is 2.50. The molecular formula is C22H34O4. The normalized spacial score (nSPS) is 34.7. The first-order chi connectivity index (χ1) is 12.6. The zero-order valence-corrected chi connectivity index (χ0v) is 16.0. The SMILES string of the molecule is COC(=O)CCCC=C1C[C@@H]2C[C@@H](O)[C@H](C=C[C@H](O)C3CCCC3)[C@H]2C1. The van der Waals surface area contributed by atoms with Crippen LogP contribution in [-0.4, -0.2) is 35.5 Å². The Bertz CT molecular complexity index is 532. The number of methoxy groups -OCH3 is 1. The zero-order chi connectivity index (χ0) is 18.5. The molecule has 26 heavy (non-hydrogen) atoms. The number of fused-ring (bicyclic) bond motifs is 1. The molecule has 0 saturated heterocycles. The van der Waals surface area contributed by atoms with Crippen LogP contribution in [-0.2, 0) is 9.53 Å². The molecule has 0 amide bonds. The van der Waals surface area contributed by atoms with Crippen LogP contribution in [0.5, 0.6) is 0 Å². The van der Waals surface area contributed by atoms with E-state index < -0.39 is 0 Å². The Labute approximate surface area is 157 Å². The van der Waals surface area contributed by atoms with Crippen LogP contribution in [0.3, 0.4) is 0 Å². The summed E-state index contributed by atoms with van der Waals surface area (Å²) in [6, 6.07) is 0. The topological polar surface area (TPSA) is 66.8 Å². The molecule has 0 spiro atoms. The first kappa shape index (κ1) is 19.6. The van der Waals surface area contributed by atoms with Gasteiger partial charge in [-0.1, -0.05) is 36.6 Å². The highest BCUT2D eigenvalue weighted by molar-refractivity contribution is 5.69. The van der Waals surface area contributed by atoms with Gasteiger partial charge in [0.1, 0.15) is 0 Å². The van der Waals surface area contributed by atoms with E-state index in [0.717, 1.165) is 44.9 Å². The molecular weight excluding hydrogens is 328 g/mol. The Balaban J connectivity index is 1.50. The van der Waals surface area contributed by atoms with Crippen LogP contribution < -0.4 is 0 Å². The second kappa shape index (κ2) is 9.18. The number of unbranched alkanes of at least 4 members (excludes halogenated alkanes) is 1. The molecule has 0 aromatic rings. The minimum Gasteiger partial charge on any atom is -0.469 e. The molecule has 4 nitrogen and oxygen atoms in total. The van der Waals surface area contributed by atoms with Crippen molar-refractivity contribution in [2.24, 2.45) is 23.7 Å². The van der Waals surface area contributed by atoms with Crippen LogP contribution in [0, 0.1) is 23.7 Å². The third-order valence-electron chi connectivity index (χ3n) is 6.77. The highest BCUT2D eigenvalue weighted by atomic mass is 16.5. The van der Waals surface area contributed by atoms with E-state index in [2.05, 4.69) is 16.9 Å². The van der Waals surface area contributed by atoms with Gasteiger partial charge in [0.25, 0.3) is 0 Å². The first-order valence-corrected chi connectivity index (χ1v) is 10.4. The monoisotopic (exact) mass is 362 g/mol. The van der Waals surface area contributed by atoms with E-state index in [0.29, 0.717) is 24.2 Å². The van der Waals surface area contributed by atoms with Crippen molar-refractivity contribution in [1.82, 2.24) is 0 Å². The molecule has 0 unspecified atom stereocenters. The van der Waals surface area contributed by atoms with E-state index in [1.807, 2.05) is 6.08 Å². The van der Waals surface area contributed by atoms with Crippen LogP contribution in [0.25, 0.3) is 0 Å². The van der Waals surface area contributed by atoms with Crippen LogP contribution in [0.15, 0.2) is 23.8 Å². The summed E-state index contributed by atoms with van der Waals surface area (Å²) in [5.74, 6) is 1.52. The van der Waals surface area contributed by atoms with Gasteiger partial charge in [0, 0.05) is 12.3 Å². The molecule has 3 fully saturated rings. The largest absolute Gasteiger partial charge is 0.469 e. The lowest BCUT2D eigenvalue weighted by molar-refractivity contribution is -0.140. The summed E-state index contributed by atoms with van der Waals surface area (Å²) in [5, 5.41) is 20.8. The van der Waals surface area contributed by atoms with E-state index in [1.165, 1.54) is 25.5 Å². The molecule has 3 saturated carbocycles. The number of hydrogen-bond acceptors (Lipinski definition) is 4. The summed E-state index contributed by atoms with van der Waals surface area (Å²) in [5.41, 5.74) is 1.48. The van der Waals surface area contributed by atoms with Gasteiger partial charge in [-0.05, 0) is 62.7 Å².